The Balaban J connectivity index is 1.77. The summed E-state index contributed by atoms with van der Waals surface area (Å²) in [5, 5.41) is 1.82. The first-order valence-electron chi connectivity index (χ1n) is 7.17. The van der Waals surface area contributed by atoms with Crippen molar-refractivity contribution in [2.24, 2.45) is 11.7 Å². The van der Waals surface area contributed by atoms with E-state index in [-0.39, 0.29) is 24.4 Å². The van der Waals surface area contributed by atoms with Crippen molar-refractivity contribution < 1.29 is 9.59 Å². The van der Waals surface area contributed by atoms with E-state index in [1.807, 2.05) is 5.38 Å². The van der Waals surface area contributed by atoms with Crippen LogP contribution in [0.1, 0.15) is 29.4 Å². The van der Waals surface area contributed by atoms with Gasteiger partial charge in [-0.05, 0) is 36.8 Å². The fourth-order valence-corrected chi connectivity index (χ4v) is 3.19. The number of carbonyl (C=O) groups is 2. The van der Waals surface area contributed by atoms with Crippen molar-refractivity contribution in [1.82, 2.24) is 15.8 Å². The fourth-order valence-electron chi connectivity index (χ4n) is 2.57. The van der Waals surface area contributed by atoms with Crippen LogP contribution in [0.15, 0.2) is 17.5 Å². The Hall–Kier alpha value is -1.44. The lowest BCUT2D eigenvalue weighted by Crippen LogP contribution is -2.52. The number of nitrogens with zero attached hydrogens (tertiary/aromatic N) is 1. The van der Waals surface area contributed by atoms with E-state index < -0.39 is 0 Å². The zero-order valence-electron chi connectivity index (χ0n) is 12.2. The van der Waals surface area contributed by atoms with Gasteiger partial charge in [-0.25, -0.2) is 0 Å². The summed E-state index contributed by atoms with van der Waals surface area (Å²) in [4.78, 5) is 26.3. The molecule has 1 saturated heterocycles. The highest BCUT2D eigenvalue weighted by Crippen LogP contribution is 2.21. The molecule has 1 aromatic heterocycles. The number of nitrogens with two attached hydrogens (primary N) is 1. The number of hydrogen-bond acceptors (Lipinski definition) is 5. The molecule has 0 bridgehead atoms. The van der Waals surface area contributed by atoms with Crippen molar-refractivity contribution in [3.05, 3.63) is 22.4 Å². The van der Waals surface area contributed by atoms with Crippen molar-refractivity contribution in [2.45, 2.75) is 25.8 Å². The molecule has 0 spiro atoms. The highest BCUT2D eigenvalue weighted by Gasteiger charge is 2.26. The van der Waals surface area contributed by atoms with Gasteiger partial charge in [0.2, 0.25) is 0 Å². The molecule has 4 N–H and O–H groups in total. The third-order valence-electron chi connectivity index (χ3n) is 3.78. The first-order valence-corrected chi connectivity index (χ1v) is 8.05. The smallest absolute Gasteiger partial charge is 0.279 e. The molecular weight excluding hydrogens is 288 g/mol. The van der Waals surface area contributed by atoms with Crippen molar-refractivity contribution in [1.29, 1.82) is 0 Å². The summed E-state index contributed by atoms with van der Waals surface area (Å²) in [6.07, 6.45) is 2.09. The van der Waals surface area contributed by atoms with Crippen LogP contribution in [0.25, 0.3) is 0 Å². The number of piperidine rings is 1. The molecule has 0 aliphatic carbocycles. The molecule has 6 nitrogen and oxygen atoms in total. The first kappa shape index (κ1) is 15.9. The van der Waals surface area contributed by atoms with Gasteiger partial charge in [0, 0.05) is 12.6 Å². The monoisotopic (exact) mass is 310 g/mol. The Morgan fingerprint density at radius 2 is 2.29 bits per heavy atom. The summed E-state index contributed by atoms with van der Waals surface area (Å²) < 4.78 is 0. The van der Waals surface area contributed by atoms with Gasteiger partial charge in [-0.2, -0.15) is 0 Å². The maximum Gasteiger partial charge on any atom is 0.279 e. The Morgan fingerprint density at radius 3 is 2.95 bits per heavy atom. The molecule has 2 rings (SSSR count). The summed E-state index contributed by atoms with van der Waals surface area (Å²) in [6.45, 7) is 3.90. The second kappa shape index (κ2) is 7.53. The van der Waals surface area contributed by atoms with E-state index >= 15 is 0 Å². The Bertz CT molecular complexity index is 477. The Kier molecular flexibility index (Phi) is 5.72. The number of carbonyl (C=O) groups excluding carboxylic acids is 2. The molecule has 1 fully saturated rings. The lowest BCUT2D eigenvalue weighted by Gasteiger charge is -2.37. The SMILES string of the molecule is CC1CCN(CC(=O)NNC(=O)c2cccs2)C(CN)C1. The second-order valence-corrected chi connectivity index (χ2v) is 6.42. The molecule has 116 valence electrons. The highest BCUT2D eigenvalue weighted by molar-refractivity contribution is 7.12. The number of hydrogen-bond donors (Lipinski definition) is 3. The van der Waals surface area contributed by atoms with E-state index in [4.69, 9.17) is 5.73 Å². The normalized spacial score (nSPS) is 22.8. The van der Waals surface area contributed by atoms with Crippen LogP contribution in [0.4, 0.5) is 0 Å². The third-order valence-corrected chi connectivity index (χ3v) is 4.65. The summed E-state index contributed by atoms with van der Waals surface area (Å²) in [5.74, 6) is 0.144. The largest absolute Gasteiger partial charge is 0.329 e. The minimum atomic E-state index is -0.291. The van der Waals surface area contributed by atoms with Crippen molar-refractivity contribution in [2.75, 3.05) is 19.6 Å². The van der Waals surface area contributed by atoms with Crippen LogP contribution in [0.2, 0.25) is 0 Å². The predicted molar refractivity (Wildman–Crippen MR) is 82.7 cm³/mol. The summed E-state index contributed by atoms with van der Waals surface area (Å²) in [5.41, 5.74) is 10.7. The van der Waals surface area contributed by atoms with Gasteiger partial charge in [0.1, 0.15) is 0 Å². The third kappa shape index (κ3) is 4.52. The van der Waals surface area contributed by atoms with E-state index in [1.54, 1.807) is 12.1 Å². The molecular formula is C14H22N4O2S. The van der Waals surface area contributed by atoms with Gasteiger partial charge < -0.3 is 5.73 Å². The zero-order chi connectivity index (χ0) is 15.2. The van der Waals surface area contributed by atoms with Gasteiger partial charge in [-0.1, -0.05) is 13.0 Å². The van der Waals surface area contributed by atoms with Crippen LogP contribution in [-0.4, -0.2) is 42.4 Å². The number of amides is 2. The van der Waals surface area contributed by atoms with Crippen LogP contribution >= 0.6 is 11.3 Å². The quantitative estimate of drug-likeness (QED) is 0.710. The number of hydrazine groups is 1. The van der Waals surface area contributed by atoms with E-state index in [9.17, 15) is 9.59 Å². The number of rotatable bonds is 4. The lowest BCUT2D eigenvalue weighted by atomic mass is 9.92. The van der Waals surface area contributed by atoms with Gasteiger partial charge in [0.05, 0.1) is 11.4 Å². The summed E-state index contributed by atoms with van der Waals surface area (Å²) in [7, 11) is 0. The topological polar surface area (TPSA) is 87.5 Å². The molecule has 1 aliphatic rings. The van der Waals surface area contributed by atoms with Crippen LogP contribution < -0.4 is 16.6 Å². The molecule has 21 heavy (non-hydrogen) atoms. The summed E-state index contributed by atoms with van der Waals surface area (Å²) >= 11 is 1.33. The number of thiophene rings is 1. The molecule has 2 amide bonds. The van der Waals surface area contributed by atoms with E-state index in [1.165, 1.54) is 11.3 Å². The van der Waals surface area contributed by atoms with Gasteiger partial charge in [-0.3, -0.25) is 25.3 Å². The number of likely N-dealkylation sites (tertiary alicyclic amines) is 1. The predicted octanol–water partition coefficient (Wildman–Crippen LogP) is 0.568. The fraction of sp³-hybridized carbons (Fsp3) is 0.571. The van der Waals surface area contributed by atoms with E-state index in [0.717, 1.165) is 19.4 Å². The van der Waals surface area contributed by atoms with Crippen LogP contribution in [-0.2, 0) is 4.79 Å². The van der Waals surface area contributed by atoms with Crippen LogP contribution in [0.3, 0.4) is 0 Å². The number of nitrogens with one attached hydrogen (secondary N) is 2. The molecule has 0 aromatic carbocycles. The van der Waals surface area contributed by atoms with Gasteiger partial charge in [0.15, 0.2) is 0 Å². The average molecular weight is 310 g/mol. The van der Waals surface area contributed by atoms with E-state index in [0.29, 0.717) is 17.3 Å². The van der Waals surface area contributed by atoms with Crippen molar-refractivity contribution >= 4 is 23.2 Å². The van der Waals surface area contributed by atoms with Gasteiger partial charge in [0.25, 0.3) is 11.8 Å². The first-order chi connectivity index (χ1) is 10.1. The minimum absolute atomic E-state index is 0.215. The Labute approximate surface area is 128 Å². The van der Waals surface area contributed by atoms with Crippen LogP contribution in [0, 0.1) is 5.92 Å². The molecule has 1 aromatic rings. The standard InChI is InChI=1S/C14H22N4O2S/c1-10-4-5-18(11(7-10)8-15)9-13(19)16-17-14(20)12-3-2-6-21-12/h2-3,6,10-11H,4-5,7-9,15H2,1H3,(H,16,19)(H,17,20). The lowest BCUT2D eigenvalue weighted by molar-refractivity contribution is -0.124. The van der Waals surface area contributed by atoms with Gasteiger partial charge >= 0.3 is 0 Å². The average Bonchev–Trinajstić information content (AvgIpc) is 3.01. The van der Waals surface area contributed by atoms with E-state index in [2.05, 4.69) is 22.7 Å². The molecule has 7 heteroatoms. The molecule has 0 radical (unpaired) electrons. The molecule has 0 saturated carbocycles. The molecule has 2 heterocycles. The molecule has 1 aliphatic heterocycles. The molecule has 2 atom stereocenters. The minimum Gasteiger partial charge on any atom is -0.329 e. The summed E-state index contributed by atoms with van der Waals surface area (Å²) in [6, 6.07) is 3.75. The van der Waals surface area contributed by atoms with Crippen molar-refractivity contribution in [3.8, 4) is 0 Å². The molecule has 2 unspecified atom stereocenters. The van der Waals surface area contributed by atoms with Gasteiger partial charge in [-0.15, -0.1) is 11.3 Å². The zero-order valence-corrected chi connectivity index (χ0v) is 13.0. The Morgan fingerprint density at radius 1 is 1.48 bits per heavy atom. The maximum atomic E-state index is 11.9. The maximum absolute atomic E-state index is 11.9. The second-order valence-electron chi connectivity index (χ2n) is 5.47. The highest BCUT2D eigenvalue weighted by atomic mass is 32.1. The van der Waals surface area contributed by atoms with Crippen molar-refractivity contribution in [3.63, 3.8) is 0 Å². The van der Waals surface area contributed by atoms with Crippen LogP contribution in [0.5, 0.6) is 0 Å².